The summed E-state index contributed by atoms with van der Waals surface area (Å²) in [7, 11) is 0. The van der Waals surface area contributed by atoms with E-state index in [0.717, 1.165) is 18.5 Å². The van der Waals surface area contributed by atoms with Crippen molar-refractivity contribution in [3.05, 3.63) is 0 Å². The molecule has 0 spiro atoms. The molecule has 0 rings (SSSR count). The van der Waals surface area contributed by atoms with Gasteiger partial charge >= 0.3 is 0 Å². The van der Waals surface area contributed by atoms with Gasteiger partial charge in [-0.05, 0) is 43.6 Å². The smallest absolute Gasteiger partial charge is 0.00903 e. The lowest BCUT2D eigenvalue weighted by atomic mass is 9.81. The van der Waals surface area contributed by atoms with E-state index in [1.807, 2.05) is 0 Å². The van der Waals surface area contributed by atoms with E-state index in [4.69, 9.17) is 5.73 Å². The molecular weight excluding hydrogens is 220 g/mol. The maximum absolute atomic E-state index is 6.06. The topological polar surface area (TPSA) is 29.3 Å². The number of nitrogens with zero attached hydrogens (tertiary/aromatic N) is 1. The molecule has 0 saturated heterocycles. The third kappa shape index (κ3) is 5.27. The third-order valence-electron chi connectivity index (χ3n) is 4.53. The summed E-state index contributed by atoms with van der Waals surface area (Å²) < 4.78 is 0. The van der Waals surface area contributed by atoms with Crippen LogP contribution in [0.1, 0.15) is 67.2 Å². The number of hydrogen-bond donors (Lipinski definition) is 1. The third-order valence-corrected chi connectivity index (χ3v) is 4.53. The molecule has 2 heteroatoms. The van der Waals surface area contributed by atoms with Crippen molar-refractivity contribution < 1.29 is 0 Å². The predicted octanol–water partition coefficient (Wildman–Crippen LogP) is 3.90. The first-order chi connectivity index (χ1) is 8.48. The van der Waals surface area contributed by atoms with Crippen molar-refractivity contribution in [1.29, 1.82) is 0 Å². The van der Waals surface area contributed by atoms with Gasteiger partial charge in [0.15, 0.2) is 0 Å². The second-order valence-corrected chi connectivity index (χ2v) is 6.20. The van der Waals surface area contributed by atoms with E-state index in [2.05, 4.69) is 46.4 Å². The fraction of sp³-hybridized carbons (Fsp3) is 1.00. The van der Waals surface area contributed by atoms with Crippen molar-refractivity contribution in [1.82, 2.24) is 4.90 Å². The van der Waals surface area contributed by atoms with Crippen LogP contribution in [0.25, 0.3) is 0 Å². The van der Waals surface area contributed by atoms with Crippen LogP contribution < -0.4 is 5.73 Å². The van der Waals surface area contributed by atoms with Gasteiger partial charge in [0.25, 0.3) is 0 Å². The van der Waals surface area contributed by atoms with Crippen LogP contribution >= 0.6 is 0 Å². The molecule has 0 fully saturated rings. The van der Waals surface area contributed by atoms with Gasteiger partial charge in [-0.25, -0.2) is 0 Å². The molecule has 110 valence electrons. The molecule has 0 unspecified atom stereocenters. The maximum Gasteiger partial charge on any atom is 0.00903 e. The van der Waals surface area contributed by atoms with Crippen LogP contribution in [0.3, 0.4) is 0 Å². The Morgan fingerprint density at radius 3 is 1.78 bits per heavy atom. The van der Waals surface area contributed by atoms with Crippen molar-refractivity contribution in [2.75, 3.05) is 19.6 Å². The second-order valence-electron chi connectivity index (χ2n) is 6.20. The zero-order valence-electron chi connectivity index (χ0n) is 13.6. The molecule has 18 heavy (non-hydrogen) atoms. The number of rotatable bonds is 10. The second kappa shape index (κ2) is 8.92. The summed E-state index contributed by atoms with van der Waals surface area (Å²) >= 11 is 0. The van der Waals surface area contributed by atoms with E-state index in [0.29, 0.717) is 5.41 Å². The lowest BCUT2D eigenvalue weighted by Gasteiger charge is -2.41. The monoisotopic (exact) mass is 256 g/mol. The highest BCUT2D eigenvalue weighted by molar-refractivity contribution is 4.84. The molecule has 0 aromatic heterocycles. The lowest BCUT2D eigenvalue weighted by molar-refractivity contribution is 0.0882. The molecule has 0 aromatic carbocycles. The molecule has 0 aliphatic rings. The quantitative estimate of drug-likeness (QED) is 0.642. The zero-order valence-corrected chi connectivity index (χ0v) is 13.6. The zero-order chi connectivity index (χ0) is 14.2. The van der Waals surface area contributed by atoms with E-state index in [9.17, 15) is 0 Å². The summed E-state index contributed by atoms with van der Waals surface area (Å²) in [6, 6.07) is 0.719. The minimum absolute atomic E-state index is 0.317. The van der Waals surface area contributed by atoms with Gasteiger partial charge in [0.05, 0.1) is 0 Å². The Morgan fingerprint density at radius 1 is 1.00 bits per heavy atom. The summed E-state index contributed by atoms with van der Waals surface area (Å²) in [6.07, 6.45) is 4.87. The van der Waals surface area contributed by atoms with Crippen LogP contribution in [-0.4, -0.2) is 30.6 Å². The van der Waals surface area contributed by atoms with Crippen molar-refractivity contribution in [3.63, 3.8) is 0 Å². The van der Waals surface area contributed by atoms with Gasteiger partial charge in [-0.3, -0.25) is 4.90 Å². The predicted molar refractivity (Wildman–Crippen MR) is 82.9 cm³/mol. The molecule has 0 saturated carbocycles. The van der Waals surface area contributed by atoms with Crippen molar-refractivity contribution in [2.45, 2.75) is 73.3 Å². The van der Waals surface area contributed by atoms with Gasteiger partial charge in [0.1, 0.15) is 0 Å². The molecule has 2 nitrogen and oxygen atoms in total. The minimum Gasteiger partial charge on any atom is -0.330 e. The summed E-state index contributed by atoms with van der Waals surface area (Å²) in [5.41, 5.74) is 6.38. The summed E-state index contributed by atoms with van der Waals surface area (Å²) in [5, 5.41) is 0. The standard InChI is InChI=1S/C16H36N2/c1-7-15(8-2)18(11-14(5)6)13-16(9-3,10-4)12-17/h14-15H,7-13,17H2,1-6H3. The van der Waals surface area contributed by atoms with Gasteiger partial charge in [0, 0.05) is 19.1 Å². The highest BCUT2D eigenvalue weighted by atomic mass is 15.2. The molecule has 2 N–H and O–H groups in total. The Kier molecular flexibility index (Phi) is 8.89. The first-order valence-corrected chi connectivity index (χ1v) is 7.92. The Morgan fingerprint density at radius 2 is 1.50 bits per heavy atom. The van der Waals surface area contributed by atoms with Crippen molar-refractivity contribution in [3.8, 4) is 0 Å². The van der Waals surface area contributed by atoms with Crippen LogP contribution in [0.2, 0.25) is 0 Å². The van der Waals surface area contributed by atoms with Crippen LogP contribution in [0, 0.1) is 11.3 Å². The van der Waals surface area contributed by atoms with Gasteiger partial charge < -0.3 is 5.73 Å². The number of nitrogens with two attached hydrogens (primary N) is 1. The Balaban J connectivity index is 4.84. The Hall–Kier alpha value is -0.0800. The van der Waals surface area contributed by atoms with Crippen molar-refractivity contribution >= 4 is 0 Å². The molecule has 0 heterocycles. The maximum atomic E-state index is 6.06. The molecular formula is C16H36N2. The van der Waals surface area contributed by atoms with Gasteiger partial charge in [-0.1, -0.05) is 41.5 Å². The van der Waals surface area contributed by atoms with E-state index < -0.39 is 0 Å². The Bertz CT molecular complexity index is 185. The summed E-state index contributed by atoms with van der Waals surface area (Å²) in [4.78, 5) is 2.70. The van der Waals surface area contributed by atoms with Crippen LogP contribution in [0.15, 0.2) is 0 Å². The van der Waals surface area contributed by atoms with Gasteiger partial charge in [-0.2, -0.15) is 0 Å². The Labute approximate surface area is 115 Å². The van der Waals surface area contributed by atoms with E-state index in [1.165, 1.54) is 38.8 Å². The molecule has 0 bridgehead atoms. The SMILES string of the molecule is CCC(CC)N(CC(C)C)CC(CC)(CC)CN. The van der Waals surface area contributed by atoms with Crippen LogP contribution in [0.5, 0.6) is 0 Å². The summed E-state index contributed by atoms with van der Waals surface area (Å²) in [6.45, 7) is 17.0. The van der Waals surface area contributed by atoms with Crippen LogP contribution in [-0.2, 0) is 0 Å². The van der Waals surface area contributed by atoms with Crippen molar-refractivity contribution in [2.24, 2.45) is 17.1 Å². The average molecular weight is 256 g/mol. The lowest BCUT2D eigenvalue weighted by Crippen LogP contribution is -2.47. The fourth-order valence-corrected chi connectivity index (χ4v) is 2.87. The molecule has 0 radical (unpaired) electrons. The highest BCUT2D eigenvalue weighted by Gasteiger charge is 2.29. The van der Waals surface area contributed by atoms with E-state index in [1.54, 1.807) is 0 Å². The normalized spacial score (nSPS) is 13.0. The molecule has 0 aromatic rings. The largest absolute Gasteiger partial charge is 0.330 e. The van der Waals surface area contributed by atoms with E-state index >= 15 is 0 Å². The van der Waals surface area contributed by atoms with E-state index in [-0.39, 0.29) is 0 Å². The first-order valence-electron chi connectivity index (χ1n) is 7.92. The first kappa shape index (κ1) is 17.9. The van der Waals surface area contributed by atoms with Gasteiger partial charge in [-0.15, -0.1) is 0 Å². The average Bonchev–Trinajstić information content (AvgIpc) is 2.36. The summed E-state index contributed by atoms with van der Waals surface area (Å²) in [5.74, 6) is 0.731. The molecule has 0 atom stereocenters. The molecule has 0 amide bonds. The highest BCUT2D eigenvalue weighted by Crippen LogP contribution is 2.28. The minimum atomic E-state index is 0.317. The molecule has 0 aliphatic carbocycles. The number of hydrogen-bond acceptors (Lipinski definition) is 2. The molecule has 0 aliphatic heterocycles. The van der Waals surface area contributed by atoms with Gasteiger partial charge in [0.2, 0.25) is 0 Å². The fourth-order valence-electron chi connectivity index (χ4n) is 2.87. The van der Waals surface area contributed by atoms with Crippen LogP contribution in [0.4, 0.5) is 0 Å².